The Morgan fingerprint density at radius 1 is 1.41 bits per heavy atom. The van der Waals surface area contributed by atoms with Crippen molar-refractivity contribution < 1.29 is 19.4 Å². The van der Waals surface area contributed by atoms with E-state index < -0.39 is 11.5 Å². The molecule has 0 saturated carbocycles. The SMILES string of the molecule is CC(=O)NC1(c2cccc(C(=O)O)c2)COC1. The summed E-state index contributed by atoms with van der Waals surface area (Å²) in [6.45, 7) is 2.17. The summed E-state index contributed by atoms with van der Waals surface area (Å²) in [5, 5.41) is 11.7. The van der Waals surface area contributed by atoms with E-state index in [1.807, 2.05) is 0 Å². The van der Waals surface area contributed by atoms with Crippen LogP contribution in [-0.2, 0) is 15.1 Å². The van der Waals surface area contributed by atoms with Gasteiger partial charge in [0, 0.05) is 6.92 Å². The summed E-state index contributed by atoms with van der Waals surface area (Å²) in [5.74, 6) is -1.14. The molecular formula is C12H13NO4. The second kappa shape index (κ2) is 4.18. The minimum atomic E-state index is -0.981. The first kappa shape index (κ1) is 11.6. The second-order valence-corrected chi connectivity index (χ2v) is 4.14. The fraction of sp³-hybridized carbons (Fsp3) is 0.333. The lowest BCUT2D eigenvalue weighted by atomic mass is 9.87. The van der Waals surface area contributed by atoms with Crippen molar-refractivity contribution in [3.63, 3.8) is 0 Å². The van der Waals surface area contributed by atoms with Crippen LogP contribution in [0.5, 0.6) is 0 Å². The molecule has 2 N–H and O–H groups in total. The summed E-state index contributed by atoms with van der Waals surface area (Å²) in [5.41, 5.74) is 0.398. The highest BCUT2D eigenvalue weighted by Crippen LogP contribution is 2.30. The quantitative estimate of drug-likeness (QED) is 0.810. The Bertz CT molecular complexity index is 465. The first-order valence-corrected chi connectivity index (χ1v) is 5.24. The van der Waals surface area contributed by atoms with Crippen LogP contribution in [0, 0.1) is 0 Å². The highest BCUT2D eigenvalue weighted by atomic mass is 16.5. The Kier molecular flexibility index (Phi) is 2.85. The maximum atomic E-state index is 11.2. The van der Waals surface area contributed by atoms with Crippen LogP contribution in [0.3, 0.4) is 0 Å². The Morgan fingerprint density at radius 3 is 2.59 bits per heavy atom. The highest BCUT2D eigenvalue weighted by molar-refractivity contribution is 5.88. The lowest BCUT2D eigenvalue weighted by molar-refractivity contribution is -0.131. The smallest absolute Gasteiger partial charge is 0.335 e. The number of carboxylic acid groups (broad SMARTS) is 1. The monoisotopic (exact) mass is 235 g/mol. The molecule has 0 bridgehead atoms. The first-order chi connectivity index (χ1) is 8.03. The number of ether oxygens (including phenoxy) is 1. The third-order valence-corrected chi connectivity index (χ3v) is 2.77. The number of hydrogen-bond acceptors (Lipinski definition) is 3. The highest BCUT2D eigenvalue weighted by Gasteiger charge is 2.41. The lowest BCUT2D eigenvalue weighted by Gasteiger charge is -2.42. The number of amides is 1. The van der Waals surface area contributed by atoms with Gasteiger partial charge >= 0.3 is 5.97 Å². The van der Waals surface area contributed by atoms with Crippen LogP contribution in [0.4, 0.5) is 0 Å². The van der Waals surface area contributed by atoms with Crippen LogP contribution in [-0.4, -0.2) is 30.2 Å². The number of carbonyl (C=O) groups excluding carboxylic acids is 1. The molecule has 0 spiro atoms. The van der Waals surface area contributed by atoms with Crippen molar-refractivity contribution in [3.8, 4) is 0 Å². The summed E-state index contributed by atoms with van der Waals surface area (Å²) in [7, 11) is 0. The zero-order valence-electron chi connectivity index (χ0n) is 9.40. The molecule has 1 aromatic carbocycles. The molecule has 0 radical (unpaired) electrons. The molecule has 90 valence electrons. The van der Waals surface area contributed by atoms with Gasteiger partial charge in [0.25, 0.3) is 0 Å². The van der Waals surface area contributed by atoms with Gasteiger partial charge < -0.3 is 15.2 Å². The van der Waals surface area contributed by atoms with Crippen molar-refractivity contribution in [3.05, 3.63) is 35.4 Å². The molecule has 1 aromatic rings. The summed E-state index contributed by atoms with van der Waals surface area (Å²) in [6, 6.07) is 6.55. The normalized spacial score (nSPS) is 17.0. The largest absolute Gasteiger partial charge is 0.478 e. The van der Waals surface area contributed by atoms with Crippen molar-refractivity contribution in [2.24, 2.45) is 0 Å². The Labute approximate surface area is 98.4 Å². The van der Waals surface area contributed by atoms with Gasteiger partial charge in [-0.25, -0.2) is 4.79 Å². The van der Waals surface area contributed by atoms with Crippen molar-refractivity contribution in [1.82, 2.24) is 5.32 Å². The number of nitrogens with one attached hydrogen (secondary N) is 1. The minimum absolute atomic E-state index is 0.158. The molecule has 17 heavy (non-hydrogen) atoms. The second-order valence-electron chi connectivity index (χ2n) is 4.14. The van der Waals surface area contributed by atoms with E-state index in [2.05, 4.69) is 5.32 Å². The molecule has 1 aliphatic heterocycles. The maximum absolute atomic E-state index is 11.2. The van der Waals surface area contributed by atoms with Crippen molar-refractivity contribution in [2.45, 2.75) is 12.5 Å². The van der Waals surface area contributed by atoms with Crippen LogP contribution in [0.1, 0.15) is 22.8 Å². The average molecular weight is 235 g/mol. The van der Waals surface area contributed by atoms with E-state index in [4.69, 9.17) is 9.84 Å². The molecule has 0 aromatic heterocycles. The Hall–Kier alpha value is -1.88. The molecule has 1 amide bonds. The van der Waals surface area contributed by atoms with E-state index in [9.17, 15) is 9.59 Å². The van der Waals surface area contributed by atoms with E-state index in [-0.39, 0.29) is 11.5 Å². The number of hydrogen-bond donors (Lipinski definition) is 2. The number of aromatic carboxylic acids is 1. The van der Waals surface area contributed by atoms with Crippen molar-refractivity contribution >= 4 is 11.9 Å². The molecule has 5 nitrogen and oxygen atoms in total. The van der Waals surface area contributed by atoms with Gasteiger partial charge in [-0.3, -0.25) is 4.79 Å². The van der Waals surface area contributed by atoms with Gasteiger partial charge in [-0.05, 0) is 17.7 Å². The van der Waals surface area contributed by atoms with Gasteiger partial charge in [0.05, 0.1) is 18.8 Å². The Balaban J connectivity index is 2.34. The number of rotatable bonds is 3. The van der Waals surface area contributed by atoms with E-state index in [1.54, 1.807) is 18.2 Å². The number of carbonyl (C=O) groups is 2. The topological polar surface area (TPSA) is 75.6 Å². The van der Waals surface area contributed by atoms with Gasteiger partial charge in [0.15, 0.2) is 0 Å². The lowest BCUT2D eigenvalue weighted by Crippen LogP contribution is -2.58. The third-order valence-electron chi connectivity index (χ3n) is 2.77. The molecule has 1 heterocycles. The number of benzene rings is 1. The minimum Gasteiger partial charge on any atom is -0.478 e. The van der Waals surface area contributed by atoms with Crippen LogP contribution in [0.2, 0.25) is 0 Å². The molecule has 1 saturated heterocycles. The van der Waals surface area contributed by atoms with E-state index in [0.717, 1.165) is 5.56 Å². The van der Waals surface area contributed by atoms with Gasteiger partial charge in [0.2, 0.25) is 5.91 Å². The number of carboxylic acids is 1. The maximum Gasteiger partial charge on any atom is 0.335 e. The van der Waals surface area contributed by atoms with Crippen LogP contribution < -0.4 is 5.32 Å². The third kappa shape index (κ3) is 2.14. The van der Waals surface area contributed by atoms with Gasteiger partial charge in [-0.1, -0.05) is 12.1 Å². The average Bonchev–Trinajstić information content (AvgIpc) is 2.23. The summed E-state index contributed by atoms with van der Waals surface area (Å²) < 4.78 is 5.13. The van der Waals surface area contributed by atoms with Crippen molar-refractivity contribution in [2.75, 3.05) is 13.2 Å². The van der Waals surface area contributed by atoms with Crippen molar-refractivity contribution in [1.29, 1.82) is 0 Å². The predicted octanol–water partition coefficient (Wildman–Crippen LogP) is 0.746. The molecule has 2 rings (SSSR count). The molecule has 0 atom stereocenters. The Morgan fingerprint density at radius 2 is 2.12 bits per heavy atom. The molecule has 1 aliphatic rings. The van der Waals surface area contributed by atoms with Gasteiger partial charge in [0.1, 0.15) is 5.54 Å². The predicted molar refractivity (Wildman–Crippen MR) is 59.7 cm³/mol. The fourth-order valence-corrected chi connectivity index (χ4v) is 1.90. The van der Waals surface area contributed by atoms with Gasteiger partial charge in [-0.15, -0.1) is 0 Å². The molecule has 0 aliphatic carbocycles. The summed E-state index contributed by atoms with van der Waals surface area (Å²) >= 11 is 0. The zero-order valence-corrected chi connectivity index (χ0v) is 9.40. The van der Waals surface area contributed by atoms with Gasteiger partial charge in [-0.2, -0.15) is 0 Å². The molecule has 5 heteroatoms. The van der Waals surface area contributed by atoms with Crippen LogP contribution in [0.15, 0.2) is 24.3 Å². The molecular weight excluding hydrogens is 222 g/mol. The standard InChI is InChI=1S/C12H13NO4/c1-8(14)13-12(6-17-7-12)10-4-2-3-9(5-10)11(15)16/h2-5H,6-7H2,1H3,(H,13,14)(H,15,16). The molecule has 1 fully saturated rings. The van der Waals surface area contributed by atoms with E-state index >= 15 is 0 Å². The molecule has 0 unspecified atom stereocenters. The fourth-order valence-electron chi connectivity index (χ4n) is 1.90. The summed E-state index contributed by atoms with van der Waals surface area (Å²) in [6.07, 6.45) is 0. The first-order valence-electron chi connectivity index (χ1n) is 5.24. The summed E-state index contributed by atoms with van der Waals surface area (Å²) in [4.78, 5) is 22.1. The zero-order chi connectivity index (χ0) is 12.5. The van der Waals surface area contributed by atoms with Crippen LogP contribution >= 0.6 is 0 Å². The van der Waals surface area contributed by atoms with E-state index in [1.165, 1.54) is 13.0 Å². The van der Waals surface area contributed by atoms with Crippen LogP contribution in [0.25, 0.3) is 0 Å². The van der Waals surface area contributed by atoms with E-state index in [0.29, 0.717) is 13.2 Å².